The zero-order chi connectivity index (χ0) is 16.9. The summed E-state index contributed by atoms with van der Waals surface area (Å²) in [6.07, 6.45) is 5.21. The molecule has 1 aliphatic rings. The second-order valence-corrected chi connectivity index (χ2v) is 6.17. The lowest BCUT2D eigenvalue weighted by Crippen LogP contribution is -2.41. The van der Waals surface area contributed by atoms with E-state index >= 15 is 0 Å². The van der Waals surface area contributed by atoms with Crippen molar-refractivity contribution in [1.29, 1.82) is 0 Å². The molecule has 2 heterocycles. The van der Waals surface area contributed by atoms with Crippen molar-refractivity contribution in [2.24, 2.45) is 5.92 Å². The first-order valence-electron chi connectivity index (χ1n) is 8.47. The summed E-state index contributed by atoms with van der Waals surface area (Å²) in [5.74, 6) is 0.323. The molecule has 1 fully saturated rings. The quantitative estimate of drug-likeness (QED) is 0.916. The van der Waals surface area contributed by atoms with Gasteiger partial charge in [-0.3, -0.25) is 9.36 Å². The lowest BCUT2D eigenvalue weighted by Gasteiger charge is -2.32. The van der Waals surface area contributed by atoms with Gasteiger partial charge in [0.15, 0.2) is 0 Å². The second kappa shape index (κ2) is 7.57. The Hall–Kier alpha value is -2.21. The van der Waals surface area contributed by atoms with E-state index in [4.69, 9.17) is 0 Å². The van der Waals surface area contributed by atoms with E-state index in [0.29, 0.717) is 11.6 Å². The maximum atomic E-state index is 13.1. The third-order valence-electron chi connectivity index (χ3n) is 4.55. The van der Waals surface area contributed by atoms with Crippen LogP contribution in [0.5, 0.6) is 0 Å². The van der Waals surface area contributed by atoms with Gasteiger partial charge < -0.3 is 10.2 Å². The van der Waals surface area contributed by atoms with E-state index in [1.54, 1.807) is 29.2 Å². The van der Waals surface area contributed by atoms with E-state index < -0.39 is 0 Å². The Morgan fingerprint density at radius 3 is 2.67 bits per heavy atom. The van der Waals surface area contributed by atoms with Crippen LogP contribution in [0.15, 0.2) is 36.8 Å². The van der Waals surface area contributed by atoms with Crippen LogP contribution in [0.2, 0.25) is 0 Å². The largest absolute Gasteiger partial charge is 0.337 e. The van der Waals surface area contributed by atoms with Crippen LogP contribution in [0.25, 0.3) is 5.69 Å². The van der Waals surface area contributed by atoms with Crippen LogP contribution in [0.1, 0.15) is 30.3 Å². The predicted octanol–water partition coefficient (Wildman–Crippen LogP) is 2.47. The Bertz CT molecular complexity index is 675. The minimum Gasteiger partial charge on any atom is -0.337 e. The van der Waals surface area contributed by atoms with Crippen LogP contribution >= 0.6 is 0 Å². The molecule has 2 aromatic rings. The first-order chi connectivity index (χ1) is 11.7. The molecule has 0 saturated carbocycles. The lowest BCUT2D eigenvalue weighted by atomic mass is 9.96. The molecule has 128 valence electrons. The fourth-order valence-corrected chi connectivity index (χ4v) is 3.11. The monoisotopic (exact) mass is 330 g/mol. The second-order valence-electron chi connectivity index (χ2n) is 6.17. The van der Waals surface area contributed by atoms with Crippen molar-refractivity contribution in [2.45, 2.75) is 19.8 Å². The van der Waals surface area contributed by atoms with Crippen LogP contribution in [-0.4, -0.2) is 46.5 Å². The SMILES string of the molecule is CCNCC1CCN(C(=O)c2cncn2-c2ccc(F)cc2)CC1. The number of nitrogens with zero attached hydrogens (tertiary/aromatic N) is 3. The zero-order valence-corrected chi connectivity index (χ0v) is 13.9. The molecule has 1 amide bonds. The fraction of sp³-hybridized carbons (Fsp3) is 0.444. The molecule has 0 bridgehead atoms. The van der Waals surface area contributed by atoms with Crippen LogP contribution in [0.4, 0.5) is 4.39 Å². The van der Waals surface area contributed by atoms with E-state index in [9.17, 15) is 9.18 Å². The van der Waals surface area contributed by atoms with Crippen molar-refractivity contribution in [3.8, 4) is 5.69 Å². The number of amides is 1. The van der Waals surface area contributed by atoms with E-state index in [1.807, 2.05) is 4.90 Å². The van der Waals surface area contributed by atoms with Crippen LogP contribution in [-0.2, 0) is 0 Å². The van der Waals surface area contributed by atoms with Crippen molar-refractivity contribution in [3.05, 3.63) is 48.3 Å². The maximum absolute atomic E-state index is 13.1. The Balaban J connectivity index is 1.69. The van der Waals surface area contributed by atoms with Crippen molar-refractivity contribution >= 4 is 5.91 Å². The molecule has 0 radical (unpaired) electrons. The predicted molar refractivity (Wildman–Crippen MR) is 90.7 cm³/mol. The van der Waals surface area contributed by atoms with E-state index in [0.717, 1.165) is 44.7 Å². The number of nitrogens with one attached hydrogen (secondary N) is 1. The van der Waals surface area contributed by atoms with Gasteiger partial charge in [-0.2, -0.15) is 0 Å². The molecule has 0 atom stereocenters. The first-order valence-corrected chi connectivity index (χ1v) is 8.47. The van der Waals surface area contributed by atoms with Gasteiger partial charge in [0, 0.05) is 18.8 Å². The number of rotatable bonds is 5. The molecule has 3 rings (SSSR count). The van der Waals surface area contributed by atoms with Gasteiger partial charge in [-0.25, -0.2) is 9.37 Å². The number of hydrogen-bond acceptors (Lipinski definition) is 3. The highest BCUT2D eigenvalue weighted by Gasteiger charge is 2.25. The summed E-state index contributed by atoms with van der Waals surface area (Å²) in [5, 5.41) is 3.38. The molecule has 0 aliphatic carbocycles. The summed E-state index contributed by atoms with van der Waals surface area (Å²) in [7, 11) is 0. The Morgan fingerprint density at radius 1 is 1.29 bits per heavy atom. The van der Waals surface area contributed by atoms with Gasteiger partial charge in [0.05, 0.1) is 12.5 Å². The molecule has 24 heavy (non-hydrogen) atoms. The summed E-state index contributed by atoms with van der Waals surface area (Å²) >= 11 is 0. The fourth-order valence-electron chi connectivity index (χ4n) is 3.11. The highest BCUT2D eigenvalue weighted by Crippen LogP contribution is 2.20. The summed E-state index contributed by atoms with van der Waals surface area (Å²) in [6.45, 7) is 5.64. The minimum atomic E-state index is -0.297. The molecule has 0 unspecified atom stereocenters. The number of imidazole rings is 1. The molecule has 1 aromatic heterocycles. The molecule has 6 heteroatoms. The van der Waals surface area contributed by atoms with Gasteiger partial charge in [-0.15, -0.1) is 0 Å². The Labute approximate surface area is 141 Å². The number of likely N-dealkylation sites (tertiary alicyclic amines) is 1. The summed E-state index contributed by atoms with van der Waals surface area (Å²) in [5.41, 5.74) is 1.26. The van der Waals surface area contributed by atoms with Crippen LogP contribution < -0.4 is 5.32 Å². The van der Waals surface area contributed by atoms with Gasteiger partial charge in [0.25, 0.3) is 5.91 Å². The van der Waals surface area contributed by atoms with Gasteiger partial charge in [-0.05, 0) is 56.1 Å². The number of carbonyl (C=O) groups is 1. The molecular formula is C18H23FN4O. The number of halogens is 1. The third-order valence-corrected chi connectivity index (χ3v) is 4.55. The Kier molecular flexibility index (Phi) is 5.25. The smallest absolute Gasteiger partial charge is 0.272 e. The van der Waals surface area contributed by atoms with Gasteiger partial charge >= 0.3 is 0 Å². The van der Waals surface area contributed by atoms with E-state index in [1.165, 1.54) is 12.1 Å². The maximum Gasteiger partial charge on any atom is 0.272 e. The molecule has 5 nitrogen and oxygen atoms in total. The highest BCUT2D eigenvalue weighted by molar-refractivity contribution is 5.93. The third kappa shape index (κ3) is 3.64. The summed E-state index contributed by atoms with van der Waals surface area (Å²) in [4.78, 5) is 18.8. The highest BCUT2D eigenvalue weighted by atomic mass is 19.1. The van der Waals surface area contributed by atoms with Crippen LogP contribution in [0, 0.1) is 11.7 Å². The topological polar surface area (TPSA) is 50.2 Å². The van der Waals surface area contributed by atoms with E-state index in [2.05, 4.69) is 17.2 Å². The molecular weight excluding hydrogens is 307 g/mol. The minimum absolute atomic E-state index is 0.0151. The van der Waals surface area contributed by atoms with Gasteiger partial charge in [0.1, 0.15) is 11.5 Å². The van der Waals surface area contributed by atoms with Gasteiger partial charge in [-0.1, -0.05) is 6.92 Å². The molecule has 0 spiro atoms. The lowest BCUT2D eigenvalue weighted by molar-refractivity contribution is 0.0682. The van der Waals surface area contributed by atoms with Crippen molar-refractivity contribution < 1.29 is 9.18 Å². The van der Waals surface area contributed by atoms with Crippen molar-refractivity contribution in [1.82, 2.24) is 19.8 Å². The number of hydrogen-bond donors (Lipinski definition) is 1. The number of benzene rings is 1. The normalized spacial score (nSPS) is 15.7. The van der Waals surface area contributed by atoms with Gasteiger partial charge in [0.2, 0.25) is 0 Å². The average Bonchev–Trinajstić information content (AvgIpc) is 3.10. The first kappa shape index (κ1) is 16.6. The summed E-state index contributed by atoms with van der Waals surface area (Å²) in [6, 6.07) is 6.07. The van der Waals surface area contributed by atoms with E-state index in [-0.39, 0.29) is 11.7 Å². The zero-order valence-electron chi connectivity index (χ0n) is 13.9. The summed E-state index contributed by atoms with van der Waals surface area (Å²) < 4.78 is 14.8. The standard InChI is InChI=1S/C18H23FN4O/c1-2-20-11-14-7-9-22(10-8-14)18(24)17-12-21-13-23(17)16-5-3-15(19)4-6-16/h3-6,12-14,20H,2,7-11H2,1H3. The number of carbonyl (C=O) groups excluding carboxylic acids is 1. The number of aromatic nitrogens is 2. The number of piperidine rings is 1. The van der Waals surface area contributed by atoms with Crippen LogP contribution in [0.3, 0.4) is 0 Å². The van der Waals surface area contributed by atoms with Crippen molar-refractivity contribution in [2.75, 3.05) is 26.2 Å². The molecule has 1 aromatic carbocycles. The van der Waals surface area contributed by atoms with Crippen molar-refractivity contribution in [3.63, 3.8) is 0 Å². The molecule has 1 aliphatic heterocycles. The molecule has 1 saturated heterocycles. The average molecular weight is 330 g/mol. The Morgan fingerprint density at radius 2 is 2.00 bits per heavy atom. The molecule has 1 N–H and O–H groups in total.